The van der Waals surface area contributed by atoms with Crippen molar-refractivity contribution in [2.75, 3.05) is 13.1 Å². The number of likely N-dealkylation sites (tertiary alicyclic amines) is 1. The number of benzene rings is 2. The number of piperidine rings is 1. The molecule has 43 heavy (non-hydrogen) atoms. The molecule has 4 heterocycles. The Balaban J connectivity index is 1.40. The summed E-state index contributed by atoms with van der Waals surface area (Å²) in [5.41, 5.74) is 2.52. The van der Waals surface area contributed by atoms with Crippen LogP contribution in [0.3, 0.4) is 0 Å². The summed E-state index contributed by atoms with van der Waals surface area (Å²) in [5, 5.41) is 19.6. The lowest BCUT2D eigenvalue weighted by Gasteiger charge is -2.34. The fourth-order valence-electron chi connectivity index (χ4n) is 5.53. The topological polar surface area (TPSA) is 116 Å². The van der Waals surface area contributed by atoms with Crippen LogP contribution in [0.25, 0.3) is 32.7 Å². The average Bonchev–Trinajstić information content (AvgIpc) is 3.71. The average molecular weight is 620 g/mol. The highest BCUT2D eigenvalue weighted by molar-refractivity contribution is 7.19. The van der Waals surface area contributed by atoms with Gasteiger partial charge in [0, 0.05) is 48.8 Å². The Morgan fingerprint density at radius 2 is 1.93 bits per heavy atom. The molecule has 0 bridgehead atoms. The number of hydrogen-bond donors (Lipinski definition) is 1. The van der Waals surface area contributed by atoms with E-state index in [0.717, 1.165) is 36.4 Å². The molecule has 0 unspecified atom stereocenters. The molecule has 1 aliphatic heterocycles. The number of non-ortho nitro benzene ring substituents is 1. The Labute approximate surface area is 256 Å². The summed E-state index contributed by atoms with van der Waals surface area (Å²) in [5.74, 6) is 0.831. The summed E-state index contributed by atoms with van der Waals surface area (Å²) in [6.07, 6.45) is 1.07. The highest BCUT2D eigenvalue weighted by Gasteiger charge is 2.27. The van der Waals surface area contributed by atoms with Crippen molar-refractivity contribution >= 4 is 45.6 Å². The van der Waals surface area contributed by atoms with E-state index >= 15 is 0 Å². The molecule has 10 nitrogen and oxygen atoms in total. The molecule has 5 aromatic rings. The number of carbonyl (C=O) groups excluding carboxylic acids is 1. The van der Waals surface area contributed by atoms with Crippen LogP contribution in [0.1, 0.15) is 32.4 Å². The van der Waals surface area contributed by atoms with Crippen LogP contribution in [0.15, 0.2) is 71.3 Å². The van der Waals surface area contributed by atoms with Gasteiger partial charge < -0.3 is 24.0 Å². The van der Waals surface area contributed by atoms with Gasteiger partial charge in [-0.25, -0.2) is 4.79 Å². The molecule has 1 N–H and O–H groups in total. The third kappa shape index (κ3) is 6.15. The first-order valence-electron chi connectivity index (χ1n) is 14.1. The molecule has 12 heteroatoms. The summed E-state index contributed by atoms with van der Waals surface area (Å²) in [4.78, 5) is 28.0. The molecule has 1 amide bonds. The van der Waals surface area contributed by atoms with E-state index < -0.39 is 11.0 Å². The van der Waals surface area contributed by atoms with E-state index in [1.54, 1.807) is 12.1 Å². The molecule has 1 fully saturated rings. The maximum Gasteiger partial charge on any atom is 0.414 e. The van der Waals surface area contributed by atoms with Gasteiger partial charge in [0.15, 0.2) is 5.76 Å². The normalized spacial score (nSPS) is 14.4. The molecule has 1 aliphatic rings. The van der Waals surface area contributed by atoms with Crippen LogP contribution in [0.4, 0.5) is 10.5 Å². The van der Waals surface area contributed by atoms with Crippen molar-refractivity contribution in [1.29, 1.82) is 0 Å². The summed E-state index contributed by atoms with van der Waals surface area (Å²) in [6, 6.07) is 19.9. The zero-order valence-electron chi connectivity index (χ0n) is 23.7. The van der Waals surface area contributed by atoms with Gasteiger partial charge in [-0.2, -0.15) is 0 Å². The number of fused-ring (bicyclic) bond motifs is 1. The van der Waals surface area contributed by atoms with Crippen molar-refractivity contribution in [2.45, 2.75) is 45.3 Å². The molecule has 0 spiro atoms. The fourth-order valence-corrected chi connectivity index (χ4v) is 6.53. The number of aromatic nitrogens is 2. The molecule has 0 aliphatic carbocycles. The van der Waals surface area contributed by atoms with Crippen LogP contribution in [0.2, 0.25) is 4.34 Å². The third-order valence-electron chi connectivity index (χ3n) is 7.74. The van der Waals surface area contributed by atoms with E-state index in [9.17, 15) is 14.9 Å². The standard InChI is InChI=1S/C31H30ClN5O5S/c1-19(2)35-14-12-21(13-15-35)33-31(38)41-30-29(20-6-4-3-5-7-20)24-17-23(37(39)40)8-9-25(24)36(30)18-22-16-26(42-34-22)27-10-11-28(32)43-27/h3-11,16-17,19,21H,12-15,18H2,1-2H3,(H,33,38). The van der Waals surface area contributed by atoms with Crippen molar-refractivity contribution in [3.63, 3.8) is 0 Å². The van der Waals surface area contributed by atoms with Gasteiger partial charge in [-0.15, -0.1) is 11.3 Å². The maximum absolute atomic E-state index is 13.4. The van der Waals surface area contributed by atoms with Gasteiger partial charge in [-0.3, -0.25) is 10.1 Å². The molecule has 3 aromatic heterocycles. The number of nitro groups is 1. The van der Waals surface area contributed by atoms with Gasteiger partial charge in [0.1, 0.15) is 5.69 Å². The van der Waals surface area contributed by atoms with Crippen LogP contribution in [0.5, 0.6) is 5.88 Å². The Morgan fingerprint density at radius 3 is 2.60 bits per heavy atom. The first kappa shape index (κ1) is 28.9. The molecule has 0 radical (unpaired) electrons. The quantitative estimate of drug-likeness (QED) is 0.140. The molecule has 0 saturated carbocycles. The first-order valence-corrected chi connectivity index (χ1v) is 15.3. The van der Waals surface area contributed by atoms with E-state index in [4.69, 9.17) is 20.9 Å². The number of ether oxygens (including phenoxy) is 1. The second-order valence-corrected chi connectivity index (χ2v) is 12.5. The Hall–Kier alpha value is -4.19. The van der Waals surface area contributed by atoms with Crippen molar-refractivity contribution in [1.82, 2.24) is 19.9 Å². The minimum Gasteiger partial charge on any atom is -0.392 e. The third-order valence-corrected chi connectivity index (χ3v) is 8.98. The molecule has 0 atom stereocenters. The predicted octanol–water partition coefficient (Wildman–Crippen LogP) is 7.60. The Bertz CT molecular complexity index is 1770. The van der Waals surface area contributed by atoms with Gasteiger partial charge in [-0.1, -0.05) is 47.1 Å². The van der Waals surface area contributed by atoms with Crippen LogP contribution >= 0.6 is 22.9 Å². The van der Waals surface area contributed by atoms with E-state index in [1.165, 1.54) is 23.5 Å². The lowest BCUT2D eigenvalue weighted by Crippen LogP contribution is -2.47. The zero-order valence-corrected chi connectivity index (χ0v) is 25.2. The minimum absolute atomic E-state index is 0.0164. The molecule has 6 rings (SSSR count). The van der Waals surface area contributed by atoms with Gasteiger partial charge in [0.25, 0.3) is 5.69 Å². The Morgan fingerprint density at radius 1 is 1.16 bits per heavy atom. The molecule has 1 saturated heterocycles. The Kier molecular flexibility index (Phi) is 8.20. The van der Waals surface area contributed by atoms with Crippen molar-refractivity contribution in [2.24, 2.45) is 0 Å². The number of thiophene rings is 1. The fraction of sp³-hybridized carbons (Fsp3) is 0.290. The number of carbonyl (C=O) groups is 1. The van der Waals surface area contributed by atoms with E-state index in [2.05, 4.69) is 29.2 Å². The first-order chi connectivity index (χ1) is 20.8. The summed E-state index contributed by atoms with van der Waals surface area (Å²) in [6.45, 7) is 6.32. The number of nitrogens with zero attached hydrogens (tertiary/aromatic N) is 4. The largest absolute Gasteiger partial charge is 0.414 e. The van der Waals surface area contributed by atoms with Gasteiger partial charge >= 0.3 is 6.09 Å². The smallest absolute Gasteiger partial charge is 0.392 e. The molecular formula is C31H30ClN5O5S. The summed E-state index contributed by atoms with van der Waals surface area (Å²) in [7, 11) is 0. The molecular weight excluding hydrogens is 590 g/mol. The number of nitrogens with one attached hydrogen (secondary N) is 1. The molecule has 222 valence electrons. The SMILES string of the molecule is CC(C)N1CCC(NC(=O)Oc2c(-c3ccccc3)c3cc([N+](=O)[O-])ccc3n2Cc2cc(-c3ccc(Cl)s3)on2)CC1. The lowest BCUT2D eigenvalue weighted by atomic mass is 10.0. The summed E-state index contributed by atoms with van der Waals surface area (Å²) < 4.78 is 14.2. The van der Waals surface area contributed by atoms with Gasteiger partial charge in [0.2, 0.25) is 5.88 Å². The van der Waals surface area contributed by atoms with Crippen molar-refractivity contribution in [3.8, 4) is 27.6 Å². The van der Waals surface area contributed by atoms with E-state index in [-0.39, 0.29) is 24.2 Å². The molecule has 2 aromatic carbocycles. The zero-order chi connectivity index (χ0) is 30.1. The monoisotopic (exact) mass is 619 g/mol. The van der Waals surface area contributed by atoms with Gasteiger partial charge in [0.05, 0.1) is 31.8 Å². The van der Waals surface area contributed by atoms with Crippen LogP contribution < -0.4 is 10.1 Å². The number of halogens is 1. The van der Waals surface area contributed by atoms with Crippen molar-refractivity contribution in [3.05, 3.63) is 86.9 Å². The van der Waals surface area contributed by atoms with Gasteiger partial charge in [-0.05, 0) is 50.5 Å². The van der Waals surface area contributed by atoms with E-state index in [1.807, 2.05) is 47.0 Å². The van der Waals surface area contributed by atoms with Crippen LogP contribution in [0, 0.1) is 10.1 Å². The maximum atomic E-state index is 13.4. The number of rotatable bonds is 8. The number of hydrogen-bond acceptors (Lipinski definition) is 8. The lowest BCUT2D eigenvalue weighted by molar-refractivity contribution is -0.384. The second-order valence-electron chi connectivity index (χ2n) is 10.8. The van der Waals surface area contributed by atoms with Crippen LogP contribution in [-0.4, -0.2) is 50.8 Å². The minimum atomic E-state index is -0.576. The second kappa shape index (κ2) is 12.2. The number of amides is 1. The highest BCUT2D eigenvalue weighted by atomic mass is 35.5. The summed E-state index contributed by atoms with van der Waals surface area (Å²) >= 11 is 7.49. The number of nitro benzene ring substituents is 1. The van der Waals surface area contributed by atoms with Crippen molar-refractivity contribution < 1.29 is 19.0 Å². The van der Waals surface area contributed by atoms with Crippen LogP contribution in [-0.2, 0) is 6.54 Å². The highest BCUT2D eigenvalue weighted by Crippen LogP contribution is 2.42. The van der Waals surface area contributed by atoms with E-state index in [0.29, 0.717) is 38.3 Å². The predicted molar refractivity (Wildman–Crippen MR) is 167 cm³/mol.